The van der Waals surface area contributed by atoms with Crippen molar-refractivity contribution in [2.24, 2.45) is 0 Å². The standard InChI is InChI=1S/C24H14F6N2O2/c25-22(26)33-17-9-6-15(7-10-17)21-18(14-4-2-1-3-5-14)13-32(31-21)16-8-11-20-19(12-16)23(27,28)24(29,30)34-20/h1-13,22H. The van der Waals surface area contributed by atoms with Crippen LogP contribution in [0, 0.1) is 0 Å². The third-order valence-electron chi connectivity index (χ3n) is 5.32. The van der Waals surface area contributed by atoms with E-state index in [2.05, 4.69) is 14.6 Å². The second-order valence-electron chi connectivity index (χ2n) is 7.48. The molecule has 0 aliphatic carbocycles. The van der Waals surface area contributed by atoms with Crippen LogP contribution in [0.4, 0.5) is 26.3 Å². The van der Waals surface area contributed by atoms with Crippen LogP contribution in [0.15, 0.2) is 79.0 Å². The van der Waals surface area contributed by atoms with Crippen LogP contribution in [-0.2, 0) is 5.92 Å². The lowest BCUT2D eigenvalue weighted by molar-refractivity contribution is -0.296. The van der Waals surface area contributed by atoms with Crippen LogP contribution in [0.3, 0.4) is 0 Å². The summed E-state index contributed by atoms with van der Waals surface area (Å²) in [4.78, 5) is 0. The third kappa shape index (κ3) is 3.64. The molecule has 4 aromatic rings. The number of hydrogen-bond acceptors (Lipinski definition) is 3. The highest BCUT2D eigenvalue weighted by molar-refractivity contribution is 5.81. The Kier molecular flexibility index (Phi) is 5.03. The first-order chi connectivity index (χ1) is 16.2. The molecule has 0 spiro atoms. The molecular formula is C24H14F6N2O2. The predicted molar refractivity (Wildman–Crippen MR) is 111 cm³/mol. The number of rotatable bonds is 5. The maximum Gasteiger partial charge on any atom is 0.469 e. The monoisotopic (exact) mass is 476 g/mol. The molecular weight excluding hydrogens is 462 g/mol. The summed E-state index contributed by atoms with van der Waals surface area (Å²) in [5.41, 5.74) is 1.49. The number of ether oxygens (including phenoxy) is 2. The van der Waals surface area contributed by atoms with Gasteiger partial charge in [0.05, 0.1) is 11.3 Å². The van der Waals surface area contributed by atoms with Crippen LogP contribution in [0.25, 0.3) is 28.1 Å². The Balaban J connectivity index is 1.60. The van der Waals surface area contributed by atoms with Gasteiger partial charge in [0.25, 0.3) is 0 Å². The minimum atomic E-state index is -4.65. The van der Waals surface area contributed by atoms with Crippen molar-refractivity contribution in [3.63, 3.8) is 0 Å². The van der Waals surface area contributed by atoms with Gasteiger partial charge in [0.15, 0.2) is 0 Å². The fraction of sp³-hybridized carbons (Fsp3) is 0.125. The highest BCUT2D eigenvalue weighted by Crippen LogP contribution is 2.53. The van der Waals surface area contributed by atoms with Crippen molar-refractivity contribution in [2.75, 3.05) is 0 Å². The Hall–Kier alpha value is -3.95. The molecule has 0 atom stereocenters. The van der Waals surface area contributed by atoms with Gasteiger partial charge in [-0.15, -0.1) is 0 Å². The molecule has 1 aromatic heterocycles. The molecule has 0 radical (unpaired) electrons. The van der Waals surface area contributed by atoms with E-state index >= 15 is 0 Å². The van der Waals surface area contributed by atoms with E-state index in [9.17, 15) is 26.3 Å². The van der Waals surface area contributed by atoms with Crippen molar-refractivity contribution in [3.8, 4) is 39.6 Å². The number of fused-ring (bicyclic) bond motifs is 1. The number of nitrogens with zero attached hydrogens (tertiary/aromatic N) is 2. The normalized spacial score (nSPS) is 15.7. The molecule has 0 unspecified atom stereocenters. The molecule has 0 saturated carbocycles. The lowest BCUT2D eigenvalue weighted by Crippen LogP contribution is -2.37. The third-order valence-corrected chi connectivity index (χ3v) is 5.32. The van der Waals surface area contributed by atoms with E-state index in [0.717, 1.165) is 17.7 Å². The molecule has 0 fully saturated rings. The first-order valence-electron chi connectivity index (χ1n) is 9.95. The highest BCUT2D eigenvalue weighted by Gasteiger charge is 2.66. The van der Waals surface area contributed by atoms with Crippen molar-refractivity contribution < 1.29 is 35.8 Å². The summed E-state index contributed by atoms with van der Waals surface area (Å²) >= 11 is 0. The average Bonchev–Trinajstić information content (AvgIpc) is 3.32. The van der Waals surface area contributed by atoms with Gasteiger partial charge in [0.1, 0.15) is 17.2 Å². The quantitative estimate of drug-likeness (QED) is 0.295. The molecule has 0 bridgehead atoms. The smallest absolute Gasteiger partial charge is 0.435 e. The topological polar surface area (TPSA) is 36.3 Å². The van der Waals surface area contributed by atoms with Crippen molar-refractivity contribution in [2.45, 2.75) is 18.6 Å². The summed E-state index contributed by atoms with van der Waals surface area (Å²) in [6, 6.07) is 18.1. The fourth-order valence-corrected chi connectivity index (χ4v) is 3.70. The van der Waals surface area contributed by atoms with E-state index < -0.39 is 30.0 Å². The molecule has 1 aliphatic rings. The zero-order chi connectivity index (χ0) is 24.1. The van der Waals surface area contributed by atoms with Gasteiger partial charge in [-0.05, 0) is 48.0 Å². The molecule has 0 N–H and O–H groups in total. The van der Waals surface area contributed by atoms with Crippen LogP contribution in [0.1, 0.15) is 5.56 Å². The van der Waals surface area contributed by atoms with Gasteiger partial charge >= 0.3 is 18.6 Å². The van der Waals surface area contributed by atoms with Crippen LogP contribution >= 0.6 is 0 Å². The van der Waals surface area contributed by atoms with Gasteiger partial charge < -0.3 is 9.47 Å². The van der Waals surface area contributed by atoms with Gasteiger partial charge in [-0.3, -0.25) is 0 Å². The van der Waals surface area contributed by atoms with E-state index in [4.69, 9.17) is 0 Å². The number of benzene rings is 3. The van der Waals surface area contributed by atoms with Crippen molar-refractivity contribution >= 4 is 0 Å². The van der Waals surface area contributed by atoms with E-state index in [0.29, 0.717) is 16.8 Å². The van der Waals surface area contributed by atoms with Crippen molar-refractivity contribution in [3.05, 3.63) is 84.6 Å². The molecule has 174 valence electrons. The maximum absolute atomic E-state index is 14.2. The first-order valence-corrected chi connectivity index (χ1v) is 9.95. The minimum absolute atomic E-state index is 0.0405. The summed E-state index contributed by atoms with van der Waals surface area (Å²) < 4.78 is 90.3. The summed E-state index contributed by atoms with van der Waals surface area (Å²) in [7, 11) is 0. The summed E-state index contributed by atoms with van der Waals surface area (Å²) in [6.07, 6.45) is -3.08. The second-order valence-corrected chi connectivity index (χ2v) is 7.48. The molecule has 2 heterocycles. The molecule has 0 amide bonds. The van der Waals surface area contributed by atoms with Gasteiger partial charge in [-0.25, -0.2) is 4.68 Å². The van der Waals surface area contributed by atoms with E-state index in [-0.39, 0.29) is 11.4 Å². The van der Waals surface area contributed by atoms with E-state index in [1.165, 1.54) is 35.0 Å². The Bertz CT molecular complexity index is 1340. The van der Waals surface area contributed by atoms with Crippen LogP contribution in [0.2, 0.25) is 0 Å². The van der Waals surface area contributed by atoms with Crippen LogP contribution < -0.4 is 9.47 Å². The molecule has 4 nitrogen and oxygen atoms in total. The molecule has 3 aromatic carbocycles. The predicted octanol–water partition coefficient (Wildman–Crippen LogP) is 6.88. The minimum Gasteiger partial charge on any atom is -0.435 e. The lowest BCUT2D eigenvalue weighted by atomic mass is 10.0. The van der Waals surface area contributed by atoms with Crippen LogP contribution in [-0.4, -0.2) is 22.5 Å². The number of alkyl halides is 6. The molecule has 1 aliphatic heterocycles. The average molecular weight is 476 g/mol. The van der Waals surface area contributed by atoms with Crippen molar-refractivity contribution in [1.82, 2.24) is 9.78 Å². The van der Waals surface area contributed by atoms with Gasteiger partial charge in [0, 0.05) is 17.3 Å². The number of aromatic nitrogens is 2. The highest BCUT2D eigenvalue weighted by atomic mass is 19.3. The van der Waals surface area contributed by atoms with Crippen LogP contribution in [0.5, 0.6) is 11.5 Å². The molecule has 34 heavy (non-hydrogen) atoms. The Labute approximate surface area is 189 Å². The summed E-state index contributed by atoms with van der Waals surface area (Å²) in [5.74, 6) is -5.15. The summed E-state index contributed by atoms with van der Waals surface area (Å²) in [6.45, 7) is -2.97. The maximum atomic E-state index is 14.2. The van der Waals surface area contributed by atoms with Gasteiger partial charge in [0.2, 0.25) is 0 Å². The van der Waals surface area contributed by atoms with E-state index in [1.54, 1.807) is 18.3 Å². The Morgan fingerprint density at radius 3 is 2.24 bits per heavy atom. The zero-order valence-corrected chi connectivity index (χ0v) is 17.1. The van der Waals surface area contributed by atoms with Gasteiger partial charge in [-0.1, -0.05) is 30.3 Å². The summed E-state index contributed by atoms with van der Waals surface area (Å²) in [5, 5.41) is 4.48. The fourth-order valence-electron chi connectivity index (χ4n) is 3.70. The van der Waals surface area contributed by atoms with Gasteiger partial charge in [-0.2, -0.15) is 31.4 Å². The number of hydrogen-bond donors (Lipinski definition) is 0. The Morgan fingerprint density at radius 1 is 0.853 bits per heavy atom. The molecule has 0 saturated heterocycles. The van der Waals surface area contributed by atoms with E-state index in [1.807, 2.05) is 18.2 Å². The second kappa shape index (κ2) is 7.82. The lowest BCUT2D eigenvalue weighted by Gasteiger charge is -2.16. The molecule has 10 heteroatoms. The zero-order valence-electron chi connectivity index (χ0n) is 17.1. The molecule has 5 rings (SSSR count). The SMILES string of the molecule is FC(F)Oc1ccc(-c2nn(-c3ccc4c(c3)C(F)(F)C(F)(F)O4)cc2-c2ccccc2)cc1. The largest absolute Gasteiger partial charge is 0.469 e. The number of halogens is 6. The Morgan fingerprint density at radius 2 is 1.56 bits per heavy atom. The van der Waals surface area contributed by atoms with Crippen molar-refractivity contribution in [1.29, 1.82) is 0 Å². The first kappa shape index (κ1) is 21.9.